The molecular formula is C9H14N4. The molecule has 2 N–H and O–H groups in total. The van der Waals surface area contributed by atoms with Gasteiger partial charge in [-0.25, -0.2) is 9.97 Å². The number of aromatic nitrogens is 2. The second-order valence-corrected chi connectivity index (χ2v) is 3.79. The molecule has 1 fully saturated rings. The first-order valence-corrected chi connectivity index (χ1v) is 4.41. The number of hydrogen-bond acceptors (Lipinski definition) is 4. The van der Waals surface area contributed by atoms with Gasteiger partial charge in [0.2, 0.25) is 5.95 Å². The molecule has 1 aliphatic rings. The fourth-order valence-electron chi connectivity index (χ4n) is 1.23. The average Bonchev–Trinajstić information content (AvgIpc) is 2.85. The second kappa shape index (κ2) is 2.67. The van der Waals surface area contributed by atoms with E-state index in [0.717, 1.165) is 24.5 Å². The Morgan fingerprint density at radius 3 is 2.69 bits per heavy atom. The van der Waals surface area contributed by atoms with Gasteiger partial charge in [-0.15, -0.1) is 0 Å². The summed E-state index contributed by atoms with van der Waals surface area (Å²) in [6, 6.07) is 1.90. The van der Waals surface area contributed by atoms with Crippen LogP contribution in [0.3, 0.4) is 0 Å². The monoisotopic (exact) mass is 178 g/mol. The topological polar surface area (TPSA) is 55.0 Å². The molecular weight excluding hydrogens is 164 g/mol. The average molecular weight is 178 g/mol. The molecule has 1 heterocycles. The van der Waals surface area contributed by atoms with Crippen LogP contribution in [0.5, 0.6) is 0 Å². The molecule has 1 aromatic rings. The van der Waals surface area contributed by atoms with Crippen molar-refractivity contribution in [3.8, 4) is 0 Å². The Hall–Kier alpha value is -1.16. The molecule has 0 spiro atoms. The Bertz CT molecular complexity index is 317. The van der Waals surface area contributed by atoms with Gasteiger partial charge < -0.3 is 10.6 Å². The number of nitrogens with zero attached hydrogens (tertiary/aromatic N) is 3. The van der Waals surface area contributed by atoms with Gasteiger partial charge in [-0.1, -0.05) is 0 Å². The van der Waals surface area contributed by atoms with Gasteiger partial charge in [0.1, 0.15) is 0 Å². The molecule has 0 radical (unpaired) electrons. The van der Waals surface area contributed by atoms with Crippen molar-refractivity contribution in [3.63, 3.8) is 0 Å². The van der Waals surface area contributed by atoms with E-state index >= 15 is 0 Å². The first-order chi connectivity index (χ1) is 6.12. The van der Waals surface area contributed by atoms with Gasteiger partial charge in [-0.3, -0.25) is 0 Å². The lowest BCUT2D eigenvalue weighted by atomic mass is 10.2. The third kappa shape index (κ3) is 1.49. The van der Waals surface area contributed by atoms with Gasteiger partial charge in [-0.05, 0) is 18.9 Å². The zero-order valence-electron chi connectivity index (χ0n) is 7.99. The van der Waals surface area contributed by atoms with Crippen molar-refractivity contribution in [1.82, 2.24) is 9.97 Å². The molecule has 1 saturated carbocycles. The highest BCUT2D eigenvalue weighted by Gasteiger charge is 2.41. The predicted octanol–water partition coefficient (Wildman–Crippen LogP) is 0.490. The molecule has 13 heavy (non-hydrogen) atoms. The van der Waals surface area contributed by atoms with E-state index in [2.05, 4.69) is 9.97 Å². The van der Waals surface area contributed by atoms with Crippen LogP contribution in [0.1, 0.15) is 18.5 Å². The minimum atomic E-state index is -0.159. The lowest BCUT2D eigenvalue weighted by molar-refractivity contribution is 0.701. The highest BCUT2D eigenvalue weighted by Crippen LogP contribution is 2.41. The number of nitrogens with two attached hydrogens (primary N) is 1. The summed E-state index contributed by atoms with van der Waals surface area (Å²) in [6.45, 7) is 0. The number of rotatable bonds is 2. The van der Waals surface area contributed by atoms with Crippen LogP contribution in [0.15, 0.2) is 12.3 Å². The lowest BCUT2D eigenvalue weighted by Crippen LogP contribution is -2.22. The normalized spacial score (nSPS) is 18.4. The molecule has 0 unspecified atom stereocenters. The molecule has 0 saturated heterocycles. The van der Waals surface area contributed by atoms with Gasteiger partial charge in [0.15, 0.2) is 0 Å². The quantitative estimate of drug-likeness (QED) is 0.716. The summed E-state index contributed by atoms with van der Waals surface area (Å²) in [6.07, 6.45) is 3.85. The molecule has 70 valence electrons. The molecule has 1 aliphatic carbocycles. The summed E-state index contributed by atoms with van der Waals surface area (Å²) in [5, 5.41) is 0. The molecule has 2 rings (SSSR count). The Morgan fingerprint density at radius 2 is 2.15 bits per heavy atom. The molecule has 1 aromatic heterocycles. The fraction of sp³-hybridized carbons (Fsp3) is 0.556. The minimum Gasteiger partial charge on any atom is -0.347 e. The summed E-state index contributed by atoms with van der Waals surface area (Å²) >= 11 is 0. The zero-order chi connectivity index (χ0) is 9.47. The van der Waals surface area contributed by atoms with Crippen molar-refractivity contribution in [2.75, 3.05) is 19.0 Å². The summed E-state index contributed by atoms with van der Waals surface area (Å²) in [5.41, 5.74) is 6.83. The fourth-order valence-corrected chi connectivity index (χ4v) is 1.23. The molecule has 0 atom stereocenters. The molecule has 4 heteroatoms. The standard InChI is InChI=1S/C9H14N4/c1-13(2)8-11-6-3-7(12-8)9(10)4-5-9/h3,6H,4-5,10H2,1-2H3. The van der Waals surface area contributed by atoms with Gasteiger partial charge in [0.25, 0.3) is 0 Å². The van der Waals surface area contributed by atoms with E-state index in [0.29, 0.717) is 0 Å². The van der Waals surface area contributed by atoms with Crippen molar-refractivity contribution in [3.05, 3.63) is 18.0 Å². The van der Waals surface area contributed by atoms with Crippen LogP contribution in [0, 0.1) is 0 Å². The van der Waals surface area contributed by atoms with Crippen LogP contribution in [0.25, 0.3) is 0 Å². The third-order valence-electron chi connectivity index (χ3n) is 2.34. The van der Waals surface area contributed by atoms with E-state index in [4.69, 9.17) is 5.73 Å². The Morgan fingerprint density at radius 1 is 1.46 bits per heavy atom. The highest BCUT2D eigenvalue weighted by molar-refractivity contribution is 5.31. The maximum atomic E-state index is 6.03. The van der Waals surface area contributed by atoms with Gasteiger partial charge in [0.05, 0.1) is 11.2 Å². The summed E-state index contributed by atoms with van der Waals surface area (Å²) < 4.78 is 0. The first kappa shape index (κ1) is 8.44. The summed E-state index contributed by atoms with van der Waals surface area (Å²) in [7, 11) is 3.85. The SMILES string of the molecule is CN(C)c1nccc(C2(N)CC2)n1. The van der Waals surface area contributed by atoms with E-state index < -0.39 is 0 Å². The minimum absolute atomic E-state index is 0.159. The van der Waals surface area contributed by atoms with Crippen LogP contribution in [-0.2, 0) is 5.54 Å². The van der Waals surface area contributed by atoms with Crippen molar-refractivity contribution in [2.24, 2.45) is 5.73 Å². The maximum Gasteiger partial charge on any atom is 0.225 e. The van der Waals surface area contributed by atoms with E-state index in [9.17, 15) is 0 Å². The van der Waals surface area contributed by atoms with E-state index in [-0.39, 0.29) is 5.54 Å². The molecule has 0 aliphatic heterocycles. The van der Waals surface area contributed by atoms with Crippen LogP contribution in [0.4, 0.5) is 5.95 Å². The first-order valence-electron chi connectivity index (χ1n) is 4.41. The van der Waals surface area contributed by atoms with Crippen molar-refractivity contribution in [1.29, 1.82) is 0 Å². The van der Waals surface area contributed by atoms with Crippen LogP contribution < -0.4 is 10.6 Å². The van der Waals surface area contributed by atoms with Gasteiger partial charge in [-0.2, -0.15) is 0 Å². The van der Waals surface area contributed by atoms with E-state index in [1.54, 1.807) is 6.20 Å². The van der Waals surface area contributed by atoms with Gasteiger partial charge in [0, 0.05) is 20.3 Å². The highest BCUT2D eigenvalue weighted by atomic mass is 15.2. The predicted molar refractivity (Wildman–Crippen MR) is 51.5 cm³/mol. The van der Waals surface area contributed by atoms with Crippen molar-refractivity contribution >= 4 is 5.95 Å². The van der Waals surface area contributed by atoms with Crippen molar-refractivity contribution < 1.29 is 0 Å². The number of anilines is 1. The van der Waals surface area contributed by atoms with Crippen LogP contribution in [-0.4, -0.2) is 24.1 Å². The van der Waals surface area contributed by atoms with Gasteiger partial charge >= 0.3 is 0 Å². The Kier molecular flexibility index (Phi) is 1.73. The Labute approximate surface area is 77.8 Å². The molecule has 0 bridgehead atoms. The smallest absolute Gasteiger partial charge is 0.225 e. The van der Waals surface area contributed by atoms with E-state index in [1.165, 1.54) is 0 Å². The summed E-state index contributed by atoms with van der Waals surface area (Å²) in [5.74, 6) is 0.731. The lowest BCUT2D eigenvalue weighted by Gasteiger charge is -2.13. The van der Waals surface area contributed by atoms with Crippen molar-refractivity contribution in [2.45, 2.75) is 18.4 Å². The zero-order valence-corrected chi connectivity index (χ0v) is 7.99. The third-order valence-corrected chi connectivity index (χ3v) is 2.34. The van der Waals surface area contributed by atoms with Crippen LogP contribution >= 0.6 is 0 Å². The summed E-state index contributed by atoms with van der Waals surface area (Å²) in [4.78, 5) is 10.4. The maximum absolute atomic E-state index is 6.03. The van der Waals surface area contributed by atoms with Crippen LogP contribution in [0.2, 0.25) is 0 Å². The second-order valence-electron chi connectivity index (χ2n) is 3.79. The molecule has 0 amide bonds. The largest absolute Gasteiger partial charge is 0.347 e. The molecule has 4 nitrogen and oxygen atoms in total. The molecule has 0 aromatic carbocycles. The Balaban J connectivity index is 2.33. The number of hydrogen-bond donors (Lipinski definition) is 1. The van der Waals surface area contributed by atoms with E-state index in [1.807, 2.05) is 25.1 Å².